The van der Waals surface area contributed by atoms with Gasteiger partial charge in [-0.3, -0.25) is 9.79 Å². The molecule has 1 amide bonds. The number of hydrogen-bond donors (Lipinski definition) is 2. The number of hydrogen-bond acceptors (Lipinski definition) is 2. The molecule has 0 heterocycles. The number of nitrogens with one attached hydrogen (secondary N) is 2. The number of benzene rings is 1. The molecule has 0 saturated heterocycles. The van der Waals surface area contributed by atoms with Crippen molar-refractivity contribution in [2.75, 3.05) is 33.2 Å². The van der Waals surface area contributed by atoms with Crippen molar-refractivity contribution in [2.45, 2.75) is 33.6 Å². The van der Waals surface area contributed by atoms with Crippen molar-refractivity contribution in [2.24, 2.45) is 4.99 Å². The van der Waals surface area contributed by atoms with Gasteiger partial charge in [-0.05, 0) is 38.0 Å². The number of aliphatic imine (C=N–C) groups is 1. The average Bonchev–Trinajstić information content (AvgIpc) is 2.57. The van der Waals surface area contributed by atoms with Gasteiger partial charge >= 0.3 is 0 Å². The van der Waals surface area contributed by atoms with Crippen LogP contribution in [0.2, 0.25) is 0 Å². The Bertz CT molecular complexity index is 566. The van der Waals surface area contributed by atoms with E-state index >= 15 is 0 Å². The maximum atomic E-state index is 13.5. The van der Waals surface area contributed by atoms with Gasteiger partial charge < -0.3 is 15.5 Å². The minimum absolute atomic E-state index is 0. The molecule has 2 N–H and O–H groups in total. The van der Waals surface area contributed by atoms with Gasteiger partial charge in [-0.25, -0.2) is 4.39 Å². The van der Waals surface area contributed by atoms with Crippen LogP contribution in [0, 0.1) is 12.7 Å². The Morgan fingerprint density at radius 1 is 1.28 bits per heavy atom. The molecule has 142 valence electrons. The lowest BCUT2D eigenvalue weighted by atomic mass is 10.1. The zero-order valence-corrected chi connectivity index (χ0v) is 17.9. The Morgan fingerprint density at radius 2 is 2.00 bits per heavy atom. The van der Waals surface area contributed by atoms with Crippen LogP contribution < -0.4 is 10.6 Å². The summed E-state index contributed by atoms with van der Waals surface area (Å²) in [4.78, 5) is 18.6. The normalized spacial score (nSPS) is 10.8. The largest absolute Gasteiger partial charge is 0.357 e. The van der Waals surface area contributed by atoms with Gasteiger partial charge in [0.15, 0.2) is 5.96 Å². The van der Waals surface area contributed by atoms with Crippen molar-refractivity contribution in [1.29, 1.82) is 0 Å². The summed E-state index contributed by atoms with van der Waals surface area (Å²) in [6.07, 6.45) is 2.24. The third kappa shape index (κ3) is 8.51. The highest BCUT2D eigenvalue weighted by atomic mass is 127. The summed E-state index contributed by atoms with van der Waals surface area (Å²) in [5.74, 6) is 0.183. The quantitative estimate of drug-likeness (QED) is 0.269. The van der Waals surface area contributed by atoms with Gasteiger partial charge in [0, 0.05) is 32.2 Å². The molecule has 0 saturated carbocycles. The van der Waals surface area contributed by atoms with Crippen molar-refractivity contribution >= 4 is 35.8 Å². The molecule has 0 radical (unpaired) electrons. The SMILES string of the molecule is CCCCN(C)C(=NCCNC(=O)c1ccc(C)c(F)c1)NCC.I. The fraction of sp³-hybridized carbons (Fsp3) is 0.556. The lowest BCUT2D eigenvalue weighted by molar-refractivity contribution is 0.0954. The van der Waals surface area contributed by atoms with Crippen LogP contribution in [-0.4, -0.2) is 50.0 Å². The number of carbonyl (C=O) groups is 1. The molecular weight excluding hydrogens is 434 g/mol. The molecule has 0 fully saturated rings. The molecule has 0 bridgehead atoms. The number of nitrogens with zero attached hydrogens (tertiary/aromatic N) is 2. The highest BCUT2D eigenvalue weighted by molar-refractivity contribution is 14.0. The van der Waals surface area contributed by atoms with Crippen LogP contribution in [0.3, 0.4) is 0 Å². The van der Waals surface area contributed by atoms with E-state index in [1.807, 2.05) is 14.0 Å². The summed E-state index contributed by atoms with van der Waals surface area (Å²) in [5, 5.41) is 6.00. The molecule has 1 aromatic carbocycles. The third-order valence-electron chi connectivity index (χ3n) is 3.64. The average molecular weight is 464 g/mol. The van der Waals surface area contributed by atoms with Gasteiger partial charge in [-0.2, -0.15) is 0 Å². The van der Waals surface area contributed by atoms with E-state index in [1.54, 1.807) is 19.1 Å². The number of aryl methyl sites for hydroxylation is 1. The molecule has 0 aliphatic rings. The Balaban J connectivity index is 0.00000576. The van der Waals surface area contributed by atoms with E-state index in [9.17, 15) is 9.18 Å². The third-order valence-corrected chi connectivity index (χ3v) is 3.64. The summed E-state index contributed by atoms with van der Waals surface area (Å²) in [7, 11) is 2.00. The van der Waals surface area contributed by atoms with Crippen molar-refractivity contribution in [3.05, 3.63) is 35.1 Å². The monoisotopic (exact) mass is 464 g/mol. The zero-order chi connectivity index (χ0) is 17.9. The Hall–Kier alpha value is -1.38. The molecule has 0 aliphatic heterocycles. The topological polar surface area (TPSA) is 56.7 Å². The standard InChI is InChI=1S/C18H29FN4O.HI/c1-5-7-12-23(4)18(20-6-2)22-11-10-21-17(24)15-9-8-14(3)16(19)13-15;/h8-9,13H,5-7,10-12H2,1-4H3,(H,20,22)(H,21,24);1H. The minimum Gasteiger partial charge on any atom is -0.357 e. The first-order valence-electron chi connectivity index (χ1n) is 8.53. The molecule has 7 heteroatoms. The molecule has 0 aliphatic carbocycles. The number of rotatable bonds is 8. The van der Waals surface area contributed by atoms with E-state index in [2.05, 4.69) is 27.4 Å². The highest BCUT2D eigenvalue weighted by Crippen LogP contribution is 2.08. The molecule has 0 unspecified atom stereocenters. The zero-order valence-electron chi connectivity index (χ0n) is 15.6. The van der Waals surface area contributed by atoms with E-state index in [-0.39, 0.29) is 35.7 Å². The predicted molar refractivity (Wildman–Crippen MR) is 112 cm³/mol. The van der Waals surface area contributed by atoms with Crippen LogP contribution in [-0.2, 0) is 0 Å². The van der Waals surface area contributed by atoms with Crippen molar-refractivity contribution < 1.29 is 9.18 Å². The second kappa shape index (κ2) is 12.9. The van der Waals surface area contributed by atoms with Crippen molar-refractivity contribution in [3.63, 3.8) is 0 Å². The summed E-state index contributed by atoms with van der Waals surface area (Å²) in [6.45, 7) is 8.46. The molecule has 0 spiro atoms. The fourth-order valence-corrected chi connectivity index (χ4v) is 2.14. The van der Waals surface area contributed by atoms with Crippen LogP contribution in [0.4, 0.5) is 4.39 Å². The fourth-order valence-electron chi connectivity index (χ4n) is 2.14. The number of amides is 1. The number of carbonyl (C=O) groups excluding carboxylic acids is 1. The molecule has 0 atom stereocenters. The van der Waals surface area contributed by atoms with E-state index < -0.39 is 0 Å². The first kappa shape index (κ1) is 23.6. The van der Waals surface area contributed by atoms with Crippen molar-refractivity contribution in [3.8, 4) is 0 Å². The first-order chi connectivity index (χ1) is 11.5. The van der Waals surface area contributed by atoms with Gasteiger partial charge in [0.2, 0.25) is 0 Å². The van der Waals surface area contributed by atoms with Gasteiger partial charge in [-0.15, -0.1) is 24.0 Å². The van der Waals surface area contributed by atoms with E-state index in [1.165, 1.54) is 6.07 Å². The summed E-state index contributed by atoms with van der Waals surface area (Å²) >= 11 is 0. The highest BCUT2D eigenvalue weighted by Gasteiger charge is 2.08. The number of halogens is 2. The smallest absolute Gasteiger partial charge is 0.251 e. The molecule has 1 aromatic rings. The van der Waals surface area contributed by atoms with Crippen LogP contribution >= 0.6 is 24.0 Å². The molecule has 25 heavy (non-hydrogen) atoms. The number of guanidine groups is 1. The predicted octanol–water partition coefficient (Wildman–Crippen LogP) is 3.18. The second-order valence-corrected chi connectivity index (χ2v) is 5.73. The maximum Gasteiger partial charge on any atom is 0.251 e. The molecule has 0 aromatic heterocycles. The Kier molecular flexibility index (Phi) is 12.2. The van der Waals surface area contributed by atoms with Gasteiger partial charge in [0.1, 0.15) is 5.82 Å². The molecule has 1 rings (SSSR count). The lowest BCUT2D eigenvalue weighted by Gasteiger charge is -2.21. The van der Waals surface area contributed by atoms with Gasteiger partial charge in [0.05, 0.1) is 6.54 Å². The molecule has 5 nitrogen and oxygen atoms in total. The second-order valence-electron chi connectivity index (χ2n) is 5.73. The lowest BCUT2D eigenvalue weighted by Crippen LogP contribution is -2.40. The summed E-state index contributed by atoms with van der Waals surface area (Å²) in [6, 6.07) is 4.49. The van der Waals surface area contributed by atoms with Gasteiger partial charge in [0.25, 0.3) is 5.91 Å². The first-order valence-corrected chi connectivity index (χ1v) is 8.53. The van der Waals surface area contributed by atoms with Crippen LogP contribution in [0.15, 0.2) is 23.2 Å². The summed E-state index contributed by atoms with van der Waals surface area (Å²) in [5.41, 5.74) is 0.857. The Labute approximate surface area is 167 Å². The van der Waals surface area contributed by atoms with E-state index in [0.29, 0.717) is 24.2 Å². The van der Waals surface area contributed by atoms with Crippen molar-refractivity contribution in [1.82, 2.24) is 15.5 Å². The van der Waals surface area contributed by atoms with Crippen LogP contribution in [0.1, 0.15) is 42.6 Å². The van der Waals surface area contributed by atoms with E-state index in [0.717, 1.165) is 31.9 Å². The van der Waals surface area contributed by atoms with Gasteiger partial charge in [-0.1, -0.05) is 19.4 Å². The maximum absolute atomic E-state index is 13.5. The minimum atomic E-state index is -0.368. The Morgan fingerprint density at radius 3 is 2.60 bits per heavy atom. The number of unbranched alkanes of at least 4 members (excludes halogenated alkanes) is 1. The summed E-state index contributed by atoms with van der Waals surface area (Å²) < 4.78 is 13.5. The van der Waals surface area contributed by atoms with E-state index in [4.69, 9.17) is 0 Å². The molecular formula is C18H30FIN4O. The van der Waals surface area contributed by atoms with Crippen LogP contribution in [0.25, 0.3) is 0 Å². The van der Waals surface area contributed by atoms with Crippen LogP contribution in [0.5, 0.6) is 0 Å².